The minimum absolute atomic E-state index is 0. The Hall–Kier alpha value is -3.64. The quantitative estimate of drug-likeness (QED) is 0.0890. The van der Waals surface area contributed by atoms with E-state index in [2.05, 4.69) is 79.7 Å². The zero-order chi connectivity index (χ0) is 35.6. The third-order valence-electron chi connectivity index (χ3n) is 10.5. The van der Waals surface area contributed by atoms with Gasteiger partial charge in [0, 0.05) is 76.8 Å². The van der Waals surface area contributed by atoms with Gasteiger partial charge in [-0.3, -0.25) is 14.8 Å². The standard InChI is InChI=1S/C28H21N2OS.C15H28O2.Ir/c1-28(2,3)23-13-19(12-17-6-4-5-7-20(17)23)26-21-14-25(31-24(21)8-10-30-26)22-16-29-15-18-9-11-32-27(18)22;1-7-14(5,8-2)12(16)11-13(17)15(6,9-3)10-4;/h4-11,13-16H,1-3H3;11,16H,7-10H2,1-6H3;/q-1;;/b;12-11-;. The molecule has 265 valence electrons. The second-order valence-electron chi connectivity index (χ2n) is 14.5. The number of furan rings is 1. The smallest absolute Gasteiger partial charge is 0.164 e. The second kappa shape index (κ2) is 15.7. The molecule has 7 heteroatoms. The molecule has 6 rings (SSSR count). The van der Waals surface area contributed by atoms with Crippen LogP contribution in [0.2, 0.25) is 0 Å². The van der Waals surface area contributed by atoms with Crippen molar-refractivity contribution in [3.8, 4) is 22.6 Å². The van der Waals surface area contributed by atoms with Crippen LogP contribution in [0.15, 0.2) is 88.8 Å². The Morgan fingerprint density at radius 3 is 2.24 bits per heavy atom. The van der Waals surface area contributed by atoms with E-state index in [0.29, 0.717) is 0 Å². The monoisotopic (exact) mass is 866 g/mol. The Morgan fingerprint density at radius 1 is 0.900 bits per heavy atom. The Balaban J connectivity index is 0.000000269. The first-order chi connectivity index (χ1) is 23.3. The zero-order valence-corrected chi connectivity index (χ0v) is 33.9. The molecular weight excluding hydrogens is 817 g/mol. The van der Waals surface area contributed by atoms with Crippen molar-refractivity contribution in [2.75, 3.05) is 0 Å². The summed E-state index contributed by atoms with van der Waals surface area (Å²) >= 11 is 1.70. The van der Waals surface area contributed by atoms with E-state index in [0.717, 1.165) is 70.0 Å². The summed E-state index contributed by atoms with van der Waals surface area (Å²) in [6.07, 6.45) is 10.3. The number of hydrogen-bond acceptors (Lipinski definition) is 6. The summed E-state index contributed by atoms with van der Waals surface area (Å²) in [6, 6.07) is 20.4. The van der Waals surface area contributed by atoms with Gasteiger partial charge in [0.25, 0.3) is 0 Å². The summed E-state index contributed by atoms with van der Waals surface area (Å²) < 4.78 is 7.47. The molecule has 0 fully saturated rings. The van der Waals surface area contributed by atoms with Gasteiger partial charge in [0.2, 0.25) is 0 Å². The van der Waals surface area contributed by atoms with Crippen LogP contribution in [0.4, 0.5) is 0 Å². The van der Waals surface area contributed by atoms with Crippen LogP contribution in [0.1, 0.15) is 93.6 Å². The van der Waals surface area contributed by atoms with Gasteiger partial charge in [-0.25, -0.2) is 0 Å². The molecule has 0 saturated heterocycles. The van der Waals surface area contributed by atoms with Crippen molar-refractivity contribution in [1.82, 2.24) is 9.97 Å². The minimum atomic E-state index is -0.337. The number of allylic oxidation sites excluding steroid dienone is 2. The number of pyridine rings is 2. The molecule has 0 bridgehead atoms. The van der Waals surface area contributed by atoms with Gasteiger partial charge in [0.15, 0.2) is 5.78 Å². The van der Waals surface area contributed by atoms with Gasteiger partial charge < -0.3 is 9.52 Å². The second-order valence-corrected chi connectivity index (χ2v) is 15.4. The number of aliphatic hydroxyl groups is 1. The number of benzene rings is 2. The van der Waals surface area contributed by atoms with E-state index in [9.17, 15) is 9.90 Å². The number of aliphatic hydroxyl groups excluding tert-OH is 1. The third-order valence-corrected chi connectivity index (χ3v) is 11.5. The summed E-state index contributed by atoms with van der Waals surface area (Å²) in [7, 11) is 0. The van der Waals surface area contributed by atoms with Gasteiger partial charge in [0.1, 0.15) is 17.1 Å². The maximum absolute atomic E-state index is 12.2. The van der Waals surface area contributed by atoms with E-state index in [1.54, 1.807) is 11.3 Å². The summed E-state index contributed by atoms with van der Waals surface area (Å²) in [5, 5.41) is 16.7. The van der Waals surface area contributed by atoms with Crippen LogP contribution in [0.25, 0.3) is 54.4 Å². The van der Waals surface area contributed by atoms with Gasteiger partial charge in [-0.15, -0.1) is 40.5 Å². The number of fused-ring (bicyclic) bond motifs is 3. The molecule has 0 aliphatic heterocycles. The number of ketones is 1. The van der Waals surface area contributed by atoms with Crippen LogP contribution >= 0.6 is 11.3 Å². The minimum Gasteiger partial charge on any atom is -0.512 e. The maximum atomic E-state index is 12.2. The molecule has 0 spiro atoms. The van der Waals surface area contributed by atoms with Crippen LogP contribution in [0.5, 0.6) is 0 Å². The molecule has 0 amide bonds. The first kappa shape index (κ1) is 39.2. The van der Waals surface area contributed by atoms with Crippen molar-refractivity contribution in [3.05, 3.63) is 96.0 Å². The van der Waals surface area contributed by atoms with Crippen LogP contribution in [0, 0.1) is 16.9 Å². The van der Waals surface area contributed by atoms with E-state index in [1.807, 2.05) is 66.2 Å². The van der Waals surface area contributed by atoms with Gasteiger partial charge in [-0.1, -0.05) is 91.5 Å². The molecule has 0 unspecified atom stereocenters. The number of aromatic nitrogens is 2. The average Bonchev–Trinajstić information content (AvgIpc) is 3.78. The number of rotatable bonds is 9. The predicted molar refractivity (Wildman–Crippen MR) is 206 cm³/mol. The largest absolute Gasteiger partial charge is 0.512 e. The molecule has 2 aromatic carbocycles. The molecule has 0 aliphatic carbocycles. The Kier molecular flexibility index (Phi) is 12.3. The summed E-state index contributed by atoms with van der Waals surface area (Å²) in [5.74, 6) is 1.10. The molecule has 5 nitrogen and oxygen atoms in total. The Bertz CT molecular complexity index is 2130. The molecule has 50 heavy (non-hydrogen) atoms. The molecule has 1 N–H and O–H groups in total. The number of carbonyl (C=O) groups is 1. The average molecular weight is 866 g/mol. The fourth-order valence-electron chi connectivity index (χ4n) is 6.04. The van der Waals surface area contributed by atoms with Crippen molar-refractivity contribution in [2.24, 2.45) is 10.8 Å². The first-order valence-corrected chi connectivity index (χ1v) is 18.3. The van der Waals surface area contributed by atoms with Crippen molar-refractivity contribution < 1.29 is 34.4 Å². The number of nitrogens with zero attached hydrogens (tertiary/aromatic N) is 2. The fraction of sp³-hybridized carbons (Fsp3) is 0.372. The van der Waals surface area contributed by atoms with Crippen LogP contribution in [-0.2, 0) is 30.3 Å². The molecule has 1 radical (unpaired) electrons. The molecule has 0 saturated carbocycles. The van der Waals surface area contributed by atoms with Crippen LogP contribution < -0.4 is 0 Å². The number of carbonyl (C=O) groups excluding carboxylic acids is 1. The molecular formula is C43H49IrN2O3S-. The van der Waals surface area contributed by atoms with Crippen molar-refractivity contribution in [3.63, 3.8) is 0 Å². The predicted octanol–water partition coefficient (Wildman–Crippen LogP) is 12.7. The summed E-state index contributed by atoms with van der Waals surface area (Å²) in [6.45, 7) is 18.8. The number of hydrogen-bond donors (Lipinski definition) is 1. The van der Waals surface area contributed by atoms with Crippen LogP contribution in [0.3, 0.4) is 0 Å². The topological polar surface area (TPSA) is 76.2 Å². The van der Waals surface area contributed by atoms with E-state index in [1.165, 1.54) is 21.7 Å². The number of thiophene rings is 1. The molecule has 0 aliphatic rings. The summed E-state index contributed by atoms with van der Waals surface area (Å²) in [4.78, 5) is 21.4. The van der Waals surface area contributed by atoms with Crippen molar-refractivity contribution >= 4 is 48.9 Å². The SMILES string of the molecule is CC(C)(C)c1cc(-c2nccc3oc(-c4cncc5ccsc45)cc23)[c-]c2ccccc12.CCC(C)(CC)C(=O)/C=C(\O)C(C)(CC)CC.[Ir]. The van der Waals surface area contributed by atoms with E-state index in [4.69, 9.17) is 9.40 Å². The van der Waals surface area contributed by atoms with Gasteiger partial charge in [0.05, 0.1) is 5.56 Å². The molecule has 4 aromatic heterocycles. The van der Waals surface area contributed by atoms with Crippen molar-refractivity contribution in [2.45, 2.75) is 93.4 Å². The van der Waals surface area contributed by atoms with Gasteiger partial charge in [-0.05, 0) is 54.7 Å². The normalized spacial score (nSPS) is 12.5. The van der Waals surface area contributed by atoms with Crippen LogP contribution in [-0.4, -0.2) is 20.9 Å². The molecule has 0 atom stereocenters. The van der Waals surface area contributed by atoms with Gasteiger partial charge >= 0.3 is 0 Å². The fourth-order valence-corrected chi connectivity index (χ4v) is 6.93. The molecule has 4 heterocycles. The summed E-state index contributed by atoms with van der Waals surface area (Å²) in [5.41, 5.74) is 4.39. The van der Waals surface area contributed by atoms with E-state index in [-0.39, 0.29) is 47.9 Å². The van der Waals surface area contributed by atoms with Gasteiger partial charge in [-0.2, -0.15) is 0 Å². The van der Waals surface area contributed by atoms with Crippen molar-refractivity contribution in [1.29, 1.82) is 0 Å². The Labute approximate surface area is 314 Å². The van der Waals surface area contributed by atoms with E-state index >= 15 is 0 Å². The first-order valence-electron chi connectivity index (χ1n) is 17.4. The van der Waals surface area contributed by atoms with E-state index < -0.39 is 0 Å². The Morgan fingerprint density at radius 2 is 1.58 bits per heavy atom. The zero-order valence-electron chi connectivity index (χ0n) is 30.7. The maximum Gasteiger partial charge on any atom is 0.164 e. The third kappa shape index (κ3) is 7.81. The molecule has 6 aromatic rings.